The molecule has 2 saturated heterocycles. The van der Waals surface area contributed by atoms with Crippen LogP contribution in [0.1, 0.15) is 37.8 Å². The molecule has 3 rings (SSSR count). The van der Waals surface area contributed by atoms with Crippen LogP contribution < -0.4 is 0 Å². The first-order chi connectivity index (χ1) is 13.3. The maximum Gasteiger partial charge on any atom is 0.228 e. The summed E-state index contributed by atoms with van der Waals surface area (Å²) in [6.45, 7) is 8.79. The minimum atomic E-state index is -0.237. The van der Waals surface area contributed by atoms with Gasteiger partial charge in [0, 0.05) is 51.6 Å². The van der Waals surface area contributed by atoms with Crippen LogP contribution in [0.5, 0.6) is 0 Å². The maximum atomic E-state index is 12.8. The van der Waals surface area contributed by atoms with Crippen molar-refractivity contribution in [3.05, 3.63) is 35.4 Å². The smallest absolute Gasteiger partial charge is 0.228 e. The van der Waals surface area contributed by atoms with E-state index in [1.165, 1.54) is 11.1 Å². The first-order valence-electron chi connectivity index (χ1n) is 10.3. The Morgan fingerprint density at radius 3 is 2.21 bits per heavy atom. The number of aryl methyl sites for hydroxylation is 2. The van der Waals surface area contributed by atoms with Crippen LogP contribution in [0.25, 0.3) is 0 Å². The predicted molar refractivity (Wildman–Crippen MR) is 108 cm³/mol. The molecule has 152 valence electrons. The Morgan fingerprint density at radius 1 is 1.04 bits per heavy atom. The van der Waals surface area contributed by atoms with Crippen molar-refractivity contribution < 1.29 is 14.4 Å². The molecule has 28 heavy (non-hydrogen) atoms. The van der Waals surface area contributed by atoms with Crippen LogP contribution in [0.15, 0.2) is 24.3 Å². The molecular formula is C22H31N3O3. The Kier molecular flexibility index (Phi) is 6.37. The lowest BCUT2D eigenvalue weighted by Crippen LogP contribution is -2.52. The summed E-state index contributed by atoms with van der Waals surface area (Å²) in [6, 6.07) is 8.41. The van der Waals surface area contributed by atoms with Gasteiger partial charge in [-0.1, -0.05) is 29.8 Å². The van der Waals surface area contributed by atoms with E-state index in [1.807, 2.05) is 23.6 Å². The molecule has 1 unspecified atom stereocenters. The van der Waals surface area contributed by atoms with Crippen LogP contribution in [-0.4, -0.2) is 71.2 Å². The van der Waals surface area contributed by atoms with Crippen molar-refractivity contribution in [3.8, 4) is 0 Å². The molecule has 6 heteroatoms. The number of rotatable bonds is 5. The van der Waals surface area contributed by atoms with Crippen LogP contribution in [-0.2, 0) is 20.8 Å². The Balaban J connectivity index is 1.45. The summed E-state index contributed by atoms with van der Waals surface area (Å²) in [4.78, 5) is 42.8. The second-order valence-corrected chi connectivity index (χ2v) is 8.23. The molecule has 6 nitrogen and oxygen atoms in total. The van der Waals surface area contributed by atoms with Crippen molar-refractivity contribution in [2.75, 3.05) is 32.7 Å². The third kappa shape index (κ3) is 4.72. The van der Waals surface area contributed by atoms with Crippen LogP contribution >= 0.6 is 0 Å². The first kappa shape index (κ1) is 20.4. The fraction of sp³-hybridized carbons (Fsp3) is 0.591. The summed E-state index contributed by atoms with van der Waals surface area (Å²) < 4.78 is 0. The van der Waals surface area contributed by atoms with Gasteiger partial charge in [0.25, 0.3) is 0 Å². The number of hydrogen-bond acceptors (Lipinski definition) is 3. The largest absolute Gasteiger partial charge is 0.339 e. The van der Waals surface area contributed by atoms with Crippen molar-refractivity contribution in [2.45, 2.75) is 46.1 Å². The summed E-state index contributed by atoms with van der Waals surface area (Å²) in [5.74, 6) is 0.0370. The van der Waals surface area contributed by atoms with Gasteiger partial charge in [-0.15, -0.1) is 0 Å². The van der Waals surface area contributed by atoms with E-state index in [9.17, 15) is 14.4 Å². The quantitative estimate of drug-likeness (QED) is 0.777. The van der Waals surface area contributed by atoms with Gasteiger partial charge in [0.05, 0.1) is 5.92 Å². The van der Waals surface area contributed by atoms with Gasteiger partial charge in [0.1, 0.15) is 0 Å². The molecule has 2 heterocycles. The highest BCUT2D eigenvalue weighted by Gasteiger charge is 2.38. The summed E-state index contributed by atoms with van der Waals surface area (Å²) >= 11 is 0. The van der Waals surface area contributed by atoms with Crippen molar-refractivity contribution in [1.82, 2.24) is 14.7 Å². The Labute approximate surface area is 167 Å². The molecule has 2 aliphatic heterocycles. The zero-order valence-electron chi connectivity index (χ0n) is 17.2. The van der Waals surface area contributed by atoms with Gasteiger partial charge in [-0.05, 0) is 32.8 Å². The van der Waals surface area contributed by atoms with Gasteiger partial charge in [-0.2, -0.15) is 0 Å². The van der Waals surface area contributed by atoms with E-state index in [0.29, 0.717) is 45.6 Å². The Bertz CT molecular complexity index is 721. The summed E-state index contributed by atoms with van der Waals surface area (Å²) in [7, 11) is 0. The predicted octanol–water partition coefficient (Wildman–Crippen LogP) is 1.86. The van der Waals surface area contributed by atoms with E-state index < -0.39 is 0 Å². The Morgan fingerprint density at radius 2 is 1.64 bits per heavy atom. The number of amides is 3. The average molecular weight is 386 g/mol. The van der Waals surface area contributed by atoms with Crippen LogP contribution in [0, 0.1) is 12.8 Å². The normalized spacial score (nSPS) is 20.2. The molecule has 2 fully saturated rings. The topological polar surface area (TPSA) is 60.9 Å². The van der Waals surface area contributed by atoms with Crippen molar-refractivity contribution in [1.29, 1.82) is 0 Å². The third-order valence-electron chi connectivity index (χ3n) is 5.82. The van der Waals surface area contributed by atoms with Gasteiger partial charge >= 0.3 is 0 Å². The fourth-order valence-electron chi connectivity index (χ4n) is 3.99. The average Bonchev–Trinajstić information content (AvgIpc) is 3.09. The molecule has 0 spiro atoms. The van der Waals surface area contributed by atoms with E-state index in [-0.39, 0.29) is 29.7 Å². The lowest BCUT2D eigenvalue weighted by atomic mass is 10.1. The molecule has 1 atom stereocenters. The molecule has 0 radical (unpaired) electrons. The minimum absolute atomic E-state index is 0.0586. The molecule has 0 aliphatic carbocycles. The minimum Gasteiger partial charge on any atom is -0.339 e. The summed E-state index contributed by atoms with van der Waals surface area (Å²) in [6.07, 6.45) is 1.55. The monoisotopic (exact) mass is 385 g/mol. The van der Waals surface area contributed by atoms with E-state index >= 15 is 0 Å². The molecular weight excluding hydrogens is 354 g/mol. The SMILES string of the molecule is Cc1ccc(CCC(=O)N2CCN(C(=O)C3CC(=O)N(C(C)C)C3)CC2)cc1. The number of likely N-dealkylation sites (tertiary alicyclic amines) is 1. The lowest BCUT2D eigenvalue weighted by molar-refractivity contribution is -0.142. The van der Waals surface area contributed by atoms with Gasteiger partial charge in [-0.3, -0.25) is 14.4 Å². The molecule has 1 aromatic carbocycles. The highest BCUT2D eigenvalue weighted by Crippen LogP contribution is 2.23. The van der Waals surface area contributed by atoms with Gasteiger partial charge in [0.2, 0.25) is 17.7 Å². The molecule has 3 amide bonds. The molecule has 0 aromatic heterocycles. The van der Waals surface area contributed by atoms with E-state index in [0.717, 1.165) is 6.42 Å². The second-order valence-electron chi connectivity index (χ2n) is 8.23. The standard InChI is InChI=1S/C22H31N3O3/c1-16(2)25-15-19(14-21(25)27)22(28)24-12-10-23(11-13-24)20(26)9-8-18-6-4-17(3)5-7-18/h4-7,16,19H,8-15H2,1-3H3. The van der Waals surface area contributed by atoms with Gasteiger partial charge in [-0.25, -0.2) is 0 Å². The summed E-state index contributed by atoms with van der Waals surface area (Å²) in [5, 5.41) is 0. The van der Waals surface area contributed by atoms with Crippen molar-refractivity contribution >= 4 is 17.7 Å². The summed E-state index contributed by atoms with van der Waals surface area (Å²) in [5.41, 5.74) is 2.39. The van der Waals surface area contributed by atoms with Crippen LogP contribution in [0.4, 0.5) is 0 Å². The maximum absolute atomic E-state index is 12.8. The van der Waals surface area contributed by atoms with Gasteiger partial charge in [0.15, 0.2) is 0 Å². The number of carbonyl (C=O) groups is 3. The molecule has 1 aromatic rings. The fourth-order valence-corrected chi connectivity index (χ4v) is 3.99. The first-order valence-corrected chi connectivity index (χ1v) is 10.3. The number of piperazine rings is 1. The van der Waals surface area contributed by atoms with Crippen molar-refractivity contribution in [3.63, 3.8) is 0 Å². The Hall–Kier alpha value is -2.37. The van der Waals surface area contributed by atoms with Gasteiger partial charge < -0.3 is 14.7 Å². The third-order valence-corrected chi connectivity index (χ3v) is 5.82. The van der Waals surface area contributed by atoms with Crippen LogP contribution in [0.3, 0.4) is 0 Å². The van der Waals surface area contributed by atoms with E-state index in [2.05, 4.69) is 31.2 Å². The molecule has 0 bridgehead atoms. The number of hydrogen-bond donors (Lipinski definition) is 0. The molecule has 0 N–H and O–H groups in total. The zero-order chi connectivity index (χ0) is 20.3. The molecule has 2 aliphatic rings. The second kappa shape index (κ2) is 8.76. The van der Waals surface area contributed by atoms with Crippen LogP contribution in [0.2, 0.25) is 0 Å². The van der Waals surface area contributed by atoms with E-state index in [4.69, 9.17) is 0 Å². The number of nitrogens with zero attached hydrogens (tertiary/aromatic N) is 3. The van der Waals surface area contributed by atoms with E-state index in [1.54, 1.807) is 4.90 Å². The molecule has 0 saturated carbocycles. The zero-order valence-corrected chi connectivity index (χ0v) is 17.2. The van der Waals surface area contributed by atoms with Crippen molar-refractivity contribution in [2.24, 2.45) is 5.92 Å². The number of carbonyl (C=O) groups excluding carboxylic acids is 3. The number of benzene rings is 1. The highest BCUT2D eigenvalue weighted by molar-refractivity contribution is 5.89. The highest BCUT2D eigenvalue weighted by atomic mass is 16.2. The lowest BCUT2D eigenvalue weighted by Gasteiger charge is -2.36.